The van der Waals surface area contributed by atoms with Gasteiger partial charge in [-0.2, -0.15) is 0 Å². The monoisotopic (exact) mass is 255 g/mol. The molecule has 0 spiro atoms. The average Bonchev–Trinajstić information content (AvgIpc) is 2.66. The topological polar surface area (TPSA) is 46.6 Å². The van der Waals surface area contributed by atoms with Crippen molar-refractivity contribution < 1.29 is 13.2 Å². The molecule has 1 heterocycles. The van der Waals surface area contributed by atoms with E-state index >= 15 is 0 Å². The zero-order valence-corrected chi connectivity index (χ0v) is 10.7. The first-order chi connectivity index (χ1) is 8.13. The summed E-state index contributed by atoms with van der Waals surface area (Å²) < 4.78 is 30.1. The van der Waals surface area contributed by atoms with Crippen LogP contribution in [0.4, 0.5) is 0 Å². The molecule has 1 aromatic rings. The molecule has 0 saturated carbocycles. The number of para-hydroxylation sites is 1. The standard InChI is InChI=1S/C12H17NO3S/c1-16-12-6-3-2-5-11(12)7-9-13-8-4-10-17(13,14)15/h2-3,5-6H,4,7-10H2,1H3. The van der Waals surface area contributed by atoms with Crippen LogP contribution in [-0.4, -0.2) is 38.7 Å². The molecule has 4 nitrogen and oxygen atoms in total. The van der Waals surface area contributed by atoms with E-state index in [4.69, 9.17) is 4.74 Å². The summed E-state index contributed by atoms with van der Waals surface area (Å²) in [6.45, 7) is 1.19. The molecule has 0 unspecified atom stereocenters. The van der Waals surface area contributed by atoms with Crippen molar-refractivity contribution in [2.45, 2.75) is 12.8 Å². The molecule has 1 aliphatic rings. The summed E-state index contributed by atoms with van der Waals surface area (Å²) in [5.74, 6) is 1.11. The third kappa shape index (κ3) is 2.79. The zero-order chi connectivity index (χ0) is 12.3. The van der Waals surface area contributed by atoms with Gasteiger partial charge in [0.25, 0.3) is 0 Å². The van der Waals surface area contributed by atoms with Crippen molar-refractivity contribution in [2.75, 3.05) is 26.0 Å². The van der Waals surface area contributed by atoms with Crippen molar-refractivity contribution in [3.63, 3.8) is 0 Å². The second kappa shape index (κ2) is 5.06. The Kier molecular flexibility index (Phi) is 3.69. The van der Waals surface area contributed by atoms with E-state index in [2.05, 4.69) is 0 Å². The molecule has 0 aliphatic carbocycles. The van der Waals surface area contributed by atoms with Crippen LogP contribution < -0.4 is 4.74 Å². The maximum atomic E-state index is 11.6. The highest BCUT2D eigenvalue weighted by molar-refractivity contribution is 7.89. The first-order valence-electron chi connectivity index (χ1n) is 5.73. The van der Waals surface area contributed by atoms with Crippen LogP contribution in [-0.2, 0) is 16.4 Å². The first kappa shape index (κ1) is 12.4. The maximum Gasteiger partial charge on any atom is 0.214 e. The summed E-state index contributed by atoms with van der Waals surface area (Å²) >= 11 is 0. The molecule has 0 radical (unpaired) electrons. The summed E-state index contributed by atoms with van der Waals surface area (Å²) in [5, 5.41) is 0. The van der Waals surface area contributed by atoms with E-state index in [0.717, 1.165) is 17.7 Å². The van der Waals surface area contributed by atoms with Gasteiger partial charge in [0.2, 0.25) is 10.0 Å². The number of sulfonamides is 1. The fourth-order valence-corrected chi connectivity index (χ4v) is 3.63. The summed E-state index contributed by atoms with van der Waals surface area (Å²) in [6.07, 6.45) is 1.44. The van der Waals surface area contributed by atoms with Gasteiger partial charge in [-0.25, -0.2) is 12.7 Å². The average molecular weight is 255 g/mol. The normalized spacial score (nSPS) is 19.4. The lowest BCUT2D eigenvalue weighted by Crippen LogP contribution is -2.28. The number of ether oxygens (including phenoxy) is 1. The molecule has 0 aromatic heterocycles. The van der Waals surface area contributed by atoms with Crippen molar-refractivity contribution in [1.82, 2.24) is 4.31 Å². The summed E-state index contributed by atoms with van der Waals surface area (Å²) in [7, 11) is -1.35. The Hall–Kier alpha value is -1.07. The van der Waals surface area contributed by atoms with Gasteiger partial charge in [0.15, 0.2) is 0 Å². The zero-order valence-electron chi connectivity index (χ0n) is 9.93. The smallest absolute Gasteiger partial charge is 0.214 e. The molecule has 0 atom stereocenters. The molecule has 0 amide bonds. The van der Waals surface area contributed by atoms with Crippen LogP contribution in [0.5, 0.6) is 5.75 Å². The lowest BCUT2D eigenvalue weighted by molar-refractivity contribution is 0.403. The Balaban J connectivity index is 2.03. The first-order valence-corrected chi connectivity index (χ1v) is 7.34. The molecule has 0 bridgehead atoms. The van der Waals surface area contributed by atoms with Gasteiger partial charge in [0.1, 0.15) is 5.75 Å². The minimum absolute atomic E-state index is 0.291. The molecular weight excluding hydrogens is 238 g/mol. The molecule has 94 valence electrons. The Labute approximate surface area is 102 Å². The van der Waals surface area contributed by atoms with Crippen molar-refractivity contribution in [3.05, 3.63) is 29.8 Å². The molecule has 1 saturated heterocycles. The SMILES string of the molecule is COc1ccccc1CCN1CCCS1(=O)=O. The molecule has 17 heavy (non-hydrogen) atoms. The van der Waals surface area contributed by atoms with Crippen molar-refractivity contribution in [2.24, 2.45) is 0 Å². The van der Waals surface area contributed by atoms with E-state index in [9.17, 15) is 8.42 Å². The van der Waals surface area contributed by atoms with Crippen LogP contribution in [0, 0.1) is 0 Å². The Morgan fingerprint density at radius 1 is 1.35 bits per heavy atom. The fraction of sp³-hybridized carbons (Fsp3) is 0.500. The molecule has 2 rings (SSSR count). The van der Waals surface area contributed by atoms with E-state index in [1.54, 1.807) is 11.4 Å². The van der Waals surface area contributed by atoms with E-state index in [1.807, 2.05) is 24.3 Å². The third-order valence-corrected chi connectivity index (χ3v) is 4.98. The minimum Gasteiger partial charge on any atom is -0.496 e. The quantitative estimate of drug-likeness (QED) is 0.814. The summed E-state index contributed by atoms with van der Waals surface area (Å²) in [4.78, 5) is 0. The summed E-state index contributed by atoms with van der Waals surface area (Å²) in [5.41, 5.74) is 1.05. The molecule has 5 heteroatoms. The minimum atomic E-state index is -2.98. The van der Waals surface area contributed by atoms with Gasteiger partial charge in [0, 0.05) is 13.1 Å². The lowest BCUT2D eigenvalue weighted by Gasteiger charge is -2.15. The van der Waals surface area contributed by atoms with Crippen LogP contribution in [0.1, 0.15) is 12.0 Å². The highest BCUT2D eigenvalue weighted by atomic mass is 32.2. The van der Waals surface area contributed by atoms with E-state index in [-0.39, 0.29) is 0 Å². The maximum absolute atomic E-state index is 11.6. The third-order valence-electron chi connectivity index (χ3n) is 3.03. The van der Waals surface area contributed by atoms with E-state index in [1.165, 1.54) is 0 Å². The lowest BCUT2D eigenvalue weighted by atomic mass is 10.1. The molecule has 1 aliphatic heterocycles. The van der Waals surface area contributed by atoms with Crippen LogP contribution in [0.25, 0.3) is 0 Å². The van der Waals surface area contributed by atoms with Crippen molar-refractivity contribution in [1.29, 1.82) is 0 Å². The number of nitrogens with zero attached hydrogens (tertiary/aromatic N) is 1. The Morgan fingerprint density at radius 2 is 2.12 bits per heavy atom. The largest absolute Gasteiger partial charge is 0.496 e. The predicted octanol–water partition coefficient (Wildman–Crippen LogP) is 1.27. The molecule has 0 N–H and O–H groups in total. The number of methoxy groups -OCH3 is 1. The van der Waals surface area contributed by atoms with Gasteiger partial charge in [-0.15, -0.1) is 0 Å². The predicted molar refractivity (Wildman–Crippen MR) is 66.7 cm³/mol. The van der Waals surface area contributed by atoms with Crippen molar-refractivity contribution >= 4 is 10.0 Å². The number of hydrogen-bond donors (Lipinski definition) is 0. The van der Waals surface area contributed by atoms with Crippen LogP contribution in [0.15, 0.2) is 24.3 Å². The van der Waals surface area contributed by atoms with Crippen LogP contribution >= 0.6 is 0 Å². The second-order valence-corrected chi connectivity index (χ2v) is 6.22. The van der Waals surface area contributed by atoms with Crippen LogP contribution in [0.3, 0.4) is 0 Å². The Bertz CT molecular complexity index is 484. The molecule has 1 fully saturated rings. The van der Waals surface area contributed by atoms with Gasteiger partial charge in [-0.1, -0.05) is 18.2 Å². The Morgan fingerprint density at radius 3 is 2.76 bits per heavy atom. The number of hydrogen-bond acceptors (Lipinski definition) is 3. The van der Waals surface area contributed by atoms with Gasteiger partial charge in [-0.3, -0.25) is 0 Å². The highest BCUT2D eigenvalue weighted by Gasteiger charge is 2.27. The van der Waals surface area contributed by atoms with E-state index < -0.39 is 10.0 Å². The highest BCUT2D eigenvalue weighted by Crippen LogP contribution is 2.20. The van der Waals surface area contributed by atoms with Gasteiger partial charge < -0.3 is 4.74 Å². The second-order valence-electron chi connectivity index (χ2n) is 4.13. The van der Waals surface area contributed by atoms with Gasteiger partial charge >= 0.3 is 0 Å². The van der Waals surface area contributed by atoms with E-state index in [0.29, 0.717) is 25.3 Å². The molecular formula is C12H17NO3S. The number of benzene rings is 1. The van der Waals surface area contributed by atoms with Crippen molar-refractivity contribution in [3.8, 4) is 5.75 Å². The van der Waals surface area contributed by atoms with Gasteiger partial charge in [-0.05, 0) is 24.5 Å². The van der Waals surface area contributed by atoms with Crippen LogP contribution in [0.2, 0.25) is 0 Å². The summed E-state index contributed by atoms with van der Waals surface area (Å²) in [6, 6.07) is 7.72. The van der Waals surface area contributed by atoms with Gasteiger partial charge in [0.05, 0.1) is 12.9 Å². The number of rotatable bonds is 4. The fourth-order valence-electron chi connectivity index (χ4n) is 2.10. The molecule has 1 aromatic carbocycles.